The van der Waals surface area contributed by atoms with Crippen molar-refractivity contribution in [3.63, 3.8) is 0 Å². The van der Waals surface area contributed by atoms with Gasteiger partial charge in [-0.2, -0.15) is 0 Å². The molecule has 14 heavy (non-hydrogen) atoms. The summed E-state index contributed by atoms with van der Waals surface area (Å²) in [5.41, 5.74) is 11.9. The van der Waals surface area contributed by atoms with Gasteiger partial charge in [0.25, 0.3) is 0 Å². The van der Waals surface area contributed by atoms with Crippen LogP contribution in [0.3, 0.4) is 0 Å². The molecule has 0 aliphatic heterocycles. The van der Waals surface area contributed by atoms with Crippen molar-refractivity contribution < 1.29 is 0 Å². The van der Waals surface area contributed by atoms with Crippen LogP contribution in [0.5, 0.6) is 0 Å². The second-order valence-corrected chi connectivity index (χ2v) is 3.48. The molecule has 1 aromatic carbocycles. The Morgan fingerprint density at radius 3 is 2.50 bits per heavy atom. The number of rotatable bonds is 3. The lowest BCUT2D eigenvalue weighted by atomic mass is 10.1. The van der Waals surface area contributed by atoms with Gasteiger partial charge in [-0.1, -0.05) is 23.7 Å². The molecule has 0 fully saturated rings. The van der Waals surface area contributed by atoms with E-state index >= 15 is 0 Å². The Morgan fingerprint density at radius 2 is 2.00 bits per heavy atom. The molecule has 0 bridgehead atoms. The maximum Gasteiger partial charge on any atom is 0.112 e. The van der Waals surface area contributed by atoms with Gasteiger partial charge in [0.2, 0.25) is 0 Å². The fourth-order valence-electron chi connectivity index (χ4n) is 1.13. The van der Waals surface area contributed by atoms with Crippen molar-refractivity contribution >= 4 is 11.6 Å². The van der Waals surface area contributed by atoms with Crippen molar-refractivity contribution in [2.45, 2.75) is 13.0 Å². The Hall–Kier alpha value is -1.35. The van der Waals surface area contributed by atoms with Crippen LogP contribution in [0.1, 0.15) is 18.5 Å². The molecule has 0 heterocycles. The van der Waals surface area contributed by atoms with Crippen molar-refractivity contribution in [1.82, 2.24) is 5.32 Å². The molecule has 1 aromatic rings. The Labute approximate surface area is 88.7 Å². The van der Waals surface area contributed by atoms with Crippen LogP contribution >= 0.6 is 11.6 Å². The summed E-state index contributed by atoms with van der Waals surface area (Å²) in [6, 6.07) is 7.70. The molecule has 0 aliphatic rings. The van der Waals surface area contributed by atoms with Crippen LogP contribution in [0.15, 0.2) is 36.3 Å². The van der Waals surface area contributed by atoms with Crippen molar-refractivity contribution in [2.24, 2.45) is 11.5 Å². The van der Waals surface area contributed by atoms with Crippen LogP contribution in [0.25, 0.3) is 0 Å². The summed E-state index contributed by atoms with van der Waals surface area (Å²) in [5.74, 6) is 0.465. The average Bonchev–Trinajstić information content (AvgIpc) is 2.18. The summed E-state index contributed by atoms with van der Waals surface area (Å²) in [7, 11) is 0. The molecule has 0 aliphatic carbocycles. The van der Waals surface area contributed by atoms with Crippen LogP contribution in [-0.4, -0.2) is 0 Å². The van der Waals surface area contributed by atoms with E-state index < -0.39 is 0 Å². The van der Waals surface area contributed by atoms with Gasteiger partial charge < -0.3 is 16.8 Å². The molecule has 1 rings (SSSR count). The van der Waals surface area contributed by atoms with Gasteiger partial charge in [0.1, 0.15) is 5.82 Å². The van der Waals surface area contributed by atoms with Gasteiger partial charge in [-0.3, -0.25) is 0 Å². The molecule has 0 saturated heterocycles. The molecule has 0 spiro atoms. The third kappa shape index (κ3) is 2.85. The normalized spacial score (nSPS) is 13.7. The molecule has 4 heteroatoms. The zero-order valence-corrected chi connectivity index (χ0v) is 8.75. The van der Waals surface area contributed by atoms with E-state index in [0.717, 1.165) is 10.6 Å². The number of benzene rings is 1. The minimum Gasteiger partial charge on any atom is -0.402 e. The van der Waals surface area contributed by atoms with Gasteiger partial charge in [0, 0.05) is 17.3 Å². The predicted octanol–water partition coefficient (Wildman–Crippen LogP) is 1.71. The topological polar surface area (TPSA) is 64.1 Å². The van der Waals surface area contributed by atoms with E-state index in [1.807, 2.05) is 31.2 Å². The van der Waals surface area contributed by atoms with E-state index in [-0.39, 0.29) is 6.04 Å². The first-order valence-electron chi connectivity index (χ1n) is 4.33. The minimum absolute atomic E-state index is 0.118. The second-order valence-electron chi connectivity index (χ2n) is 3.04. The van der Waals surface area contributed by atoms with E-state index in [2.05, 4.69) is 5.32 Å². The minimum atomic E-state index is 0.118. The smallest absolute Gasteiger partial charge is 0.112 e. The summed E-state index contributed by atoms with van der Waals surface area (Å²) in [6.07, 6.45) is 1.34. The van der Waals surface area contributed by atoms with E-state index in [1.54, 1.807) is 0 Å². The number of nitrogens with one attached hydrogen (secondary N) is 1. The molecule has 0 radical (unpaired) electrons. The average molecular weight is 212 g/mol. The predicted molar refractivity (Wildman–Crippen MR) is 59.5 cm³/mol. The fraction of sp³-hybridized carbons (Fsp3) is 0.200. The first-order chi connectivity index (χ1) is 6.63. The van der Waals surface area contributed by atoms with Gasteiger partial charge in [-0.05, 0) is 24.6 Å². The summed E-state index contributed by atoms with van der Waals surface area (Å²) in [4.78, 5) is 0. The maximum absolute atomic E-state index is 5.77. The number of halogens is 1. The highest BCUT2D eigenvalue weighted by Gasteiger charge is 2.04. The molecule has 1 atom stereocenters. The van der Waals surface area contributed by atoms with Crippen LogP contribution < -0.4 is 16.8 Å². The van der Waals surface area contributed by atoms with Crippen molar-refractivity contribution in [3.8, 4) is 0 Å². The molecule has 5 N–H and O–H groups in total. The summed E-state index contributed by atoms with van der Waals surface area (Å²) in [5, 5.41) is 3.76. The van der Waals surface area contributed by atoms with Gasteiger partial charge in [0.15, 0.2) is 0 Å². The van der Waals surface area contributed by atoms with E-state index in [0.29, 0.717) is 5.82 Å². The second kappa shape index (κ2) is 4.77. The molecule has 0 aromatic heterocycles. The lowest BCUT2D eigenvalue weighted by Crippen LogP contribution is -2.24. The van der Waals surface area contributed by atoms with E-state index in [4.69, 9.17) is 23.1 Å². The van der Waals surface area contributed by atoms with Crippen molar-refractivity contribution in [2.75, 3.05) is 0 Å². The zero-order chi connectivity index (χ0) is 10.6. The van der Waals surface area contributed by atoms with Crippen molar-refractivity contribution in [3.05, 3.63) is 46.9 Å². The molecule has 0 amide bonds. The zero-order valence-electron chi connectivity index (χ0n) is 8.00. The highest BCUT2D eigenvalue weighted by Crippen LogP contribution is 2.16. The molecule has 3 nitrogen and oxygen atoms in total. The fourth-order valence-corrected chi connectivity index (χ4v) is 1.26. The number of hydrogen-bond acceptors (Lipinski definition) is 3. The monoisotopic (exact) mass is 211 g/mol. The SMILES string of the molecule is CC(N/C(N)=C\N)c1ccc(Cl)cc1. The maximum atomic E-state index is 5.77. The quantitative estimate of drug-likeness (QED) is 0.713. The molecule has 1 unspecified atom stereocenters. The van der Waals surface area contributed by atoms with Gasteiger partial charge in [-0.25, -0.2) is 0 Å². The van der Waals surface area contributed by atoms with Gasteiger partial charge in [-0.15, -0.1) is 0 Å². The lowest BCUT2D eigenvalue weighted by molar-refractivity contribution is 0.646. The number of hydrogen-bond donors (Lipinski definition) is 3. The van der Waals surface area contributed by atoms with Crippen LogP contribution in [-0.2, 0) is 0 Å². The Morgan fingerprint density at radius 1 is 1.43 bits per heavy atom. The molecule has 76 valence electrons. The largest absolute Gasteiger partial charge is 0.402 e. The first kappa shape index (κ1) is 10.7. The Kier molecular flexibility index (Phi) is 3.65. The first-order valence-corrected chi connectivity index (χ1v) is 4.70. The Balaban J connectivity index is 2.70. The van der Waals surface area contributed by atoms with E-state index in [9.17, 15) is 0 Å². The lowest BCUT2D eigenvalue weighted by Gasteiger charge is -2.15. The Bertz CT molecular complexity index is 319. The highest BCUT2D eigenvalue weighted by atomic mass is 35.5. The van der Waals surface area contributed by atoms with Crippen LogP contribution in [0.4, 0.5) is 0 Å². The third-order valence-corrected chi connectivity index (χ3v) is 2.18. The van der Waals surface area contributed by atoms with Gasteiger partial charge in [0.05, 0.1) is 0 Å². The van der Waals surface area contributed by atoms with Gasteiger partial charge >= 0.3 is 0 Å². The standard InChI is InChI=1S/C10H14ClN3/c1-7(14-10(13)6-12)8-2-4-9(11)5-3-8/h2-7,14H,12-13H2,1H3/b10-6-. The third-order valence-electron chi connectivity index (χ3n) is 1.93. The van der Waals surface area contributed by atoms with Crippen LogP contribution in [0, 0.1) is 0 Å². The molecule has 0 saturated carbocycles. The molecular weight excluding hydrogens is 198 g/mol. The van der Waals surface area contributed by atoms with Crippen molar-refractivity contribution in [1.29, 1.82) is 0 Å². The summed E-state index contributed by atoms with van der Waals surface area (Å²) in [6.45, 7) is 2.00. The highest BCUT2D eigenvalue weighted by molar-refractivity contribution is 6.30. The van der Waals surface area contributed by atoms with E-state index in [1.165, 1.54) is 6.20 Å². The summed E-state index contributed by atoms with van der Waals surface area (Å²) < 4.78 is 0. The van der Waals surface area contributed by atoms with Crippen LogP contribution in [0.2, 0.25) is 5.02 Å². The molecular formula is C10H14ClN3. The number of nitrogens with two attached hydrogens (primary N) is 2. The summed E-state index contributed by atoms with van der Waals surface area (Å²) >= 11 is 5.77.